The SMILES string of the molecule is CN(C)CC1CCN(C(=O)C2(C#N)CCC2)CC1. The average molecular weight is 249 g/mol. The molecule has 0 spiro atoms. The van der Waals surface area contributed by atoms with Crippen LogP contribution in [0, 0.1) is 22.7 Å². The lowest BCUT2D eigenvalue weighted by atomic mass is 9.68. The van der Waals surface area contributed by atoms with E-state index in [4.69, 9.17) is 0 Å². The Kier molecular flexibility index (Phi) is 3.91. The zero-order valence-corrected chi connectivity index (χ0v) is 11.5. The summed E-state index contributed by atoms with van der Waals surface area (Å²) in [5.41, 5.74) is -0.658. The van der Waals surface area contributed by atoms with Gasteiger partial charge in [-0.15, -0.1) is 0 Å². The van der Waals surface area contributed by atoms with Gasteiger partial charge in [0.2, 0.25) is 5.91 Å². The fraction of sp³-hybridized carbons (Fsp3) is 0.857. The summed E-state index contributed by atoms with van der Waals surface area (Å²) in [6.07, 6.45) is 4.70. The van der Waals surface area contributed by atoms with E-state index >= 15 is 0 Å². The fourth-order valence-electron chi connectivity index (χ4n) is 3.04. The molecule has 4 nitrogen and oxygen atoms in total. The highest BCUT2D eigenvalue weighted by atomic mass is 16.2. The molecule has 100 valence electrons. The second-order valence-electron chi connectivity index (χ2n) is 6.05. The normalized spacial score (nSPS) is 23.6. The van der Waals surface area contributed by atoms with Gasteiger partial charge in [-0.1, -0.05) is 0 Å². The zero-order valence-electron chi connectivity index (χ0n) is 11.5. The summed E-state index contributed by atoms with van der Waals surface area (Å²) < 4.78 is 0. The molecule has 1 aliphatic carbocycles. The molecule has 0 unspecified atom stereocenters. The summed E-state index contributed by atoms with van der Waals surface area (Å²) in [6, 6.07) is 2.26. The van der Waals surface area contributed by atoms with E-state index in [1.54, 1.807) is 0 Å². The van der Waals surface area contributed by atoms with Gasteiger partial charge < -0.3 is 9.80 Å². The van der Waals surface area contributed by atoms with Gasteiger partial charge >= 0.3 is 0 Å². The van der Waals surface area contributed by atoms with Crippen LogP contribution >= 0.6 is 0 Å². The summed E-state index contributed by atoms with van der Waals surface area (Å²) in [5.74, 6) is 0.794. The molecule has 0 aromatic carbocycles. The average Bonchev–Trinajstić information content (AvgIpc) is 2.28. The maximum absolute atomic E-state index is 12.4. The van der Waals surface area contributed by atoms with Crippen molar-refractivity contribution < 1.29 is 4.79 Å². The fourth-order valence-corrected chi connectivity index (χ4v) is 3.04. The lowest BCUT2D eigenvalue weighted by Gasteiger charge is -2.41. The number of nitriles is 1. The molecule has 4 heteroatoms. The topological polar surface area (TPSA) is 47.3 Å². The number of hydrogen-bond donors (Lipinski definition) is 0. The minimum atomic E-state index is -0.658. The Morgan fingerprint density at radius 2 is 2.00 bits per heavy atom. The van der Waals surface area contributed by atoms with Gasteiger partial charge in [-0.25, -0.2) is 0 Å². The Balaban J connectivity index is 1.86. The highest BCUT2D eigenvalue weighted by molar-refractivity contribution is 5.86. The van der Waals surface area contributed by atoms with Gasteiger partial charge in [0.25, 0.3) is 0 Å². The lowest BCUT2D eigenvalue weighted by molar-refractivity contribution is -0.144. The van der Waals surface area contributed by atoms with Gasteiger partial charge in [-0.05, 0) is 52.1 Å². The summed E-state index contributed by atoms with van der Waals surface area (Å²) in [4.78, 5) is 16.5. The molecule has 0 atom stereocenters. The molecule has 0 aromatic rings. The highest BCUT2D eigenvalue weighted by Gasteiger charge is 2.47. The first kappa shape index (κ1) is 13.4. The lowest BCUT2D eigenvalue weighted by Crippen LogP contribution is -2.50. The molecule has 0 bridgehead atoms. The minimum absolute atomic E-state index is 0.0968. The molecule has 0 N–H and O–H groups in total. The van der Waals surface area contributed by atoms with E-state index in [9.17, 15) is 10.1 Å². The number of likely N-dealkylation sites (tertiary alicyclic amines) is 1. The molecule has 1 saturated heterocycles. The Bertz CT molecular complexity index is 347. The third-order valence-electron chi connectivity index (χ3n) is 4.36. The largest absolute Gasteiger partial charge is 0.341 e. The Labute approximate surface area is 110 Å². The van der Waals surface area contributed by atoms with Crippen molar-refractivity contribution in [3.63, 3.8) is 0 Å². The van der Waals surface area contributed by atoms with Gasteiger partial charge in [-0.2, -0.15) is 5.26 Å². The van der Waals surface area contributed by atoms with E-state index < -0.39 is 5.41 Å². The molecule has 2 fully saturated rings. The molecule has 0 radical (unpaired) electrons. The molecular formula is C14H23N3O. The minimum Gasteiger partial charge on any atom is -0.341 e. The predicted molar refractivity (Wildman–Crippen MR) is 69.8 cm³/mol. The van der Waals surface area contributed by atoms with Crippen molar-refractivity contribution in [1.29, 1.82) is 5.26 Å². The van der Waals surface area contributed by atoms with E-state index in [2.05, 4.69) is 25.1 Å². The molecule has 1 saturated carbocycles. The number of carbonyl (C=O) groups excluding carboxylic acids is 1. The van der Waals surface area contributed by atoms with E-state index in [1.807, 2.05) is 4.90 Å². The third-order valence-corrected chi connectivity index (χ3v) is 4.36. The molecule has 1 heterocycles. The number of amides is 1. The number of carbonyl (C=O) groups is 1. The van der Waals surface area contributed by atoms with Gasteiger partial charge in [0.1, 0.15) is 5.41 Å². The Hall–Kier alpha value is -1.08. The van der Waals surface area contributed by atoms with E-state index in [1.165, 1.54) is 0 Å². The van der Waals surface area contributed by atoms with Gasteiger partial charge in [0.15, 0.2) is 0 Å². The summed E-state index contributed by atoms with van der Waals surface area (Å²) >= 11 is 0. The van der Waals surface area contributed by atoms with Gasteiger partial charge in [0, 0.05) is 19.6 Å². The first-order valence-electron chi connectivity index (χ1n) is 6.93. The summed E-state index contributed by atoms with van der Waals surface area (Å²) in [6.45, 7) is 2.77. The second-order valence-corrected chi connectivity index (χ2v) is 6.05. The number of piperidine rings is 1. The zero-order chi connectivity index (χ0) is 13.2. The molecule has 2 aliphatic rings. The van der Waals surface area contributed by atoms with Crippen molar-refractivity contribution in [3.8, 4) is 6.07 Å². The van der Waals surface area contributed by atoms with E-state index in [0.29, 0.717) is 5.92 Å². The van der Waals surface area contributed by atoms with Gasteiger partial charge in [0.05, 0.1) is 6.07 Å². The van der Waals surface area contributed by atoms with E-state index in [-0.39, 0.29) is 5.91 Å². The summed E-state index contributed by atoms with van der Waals surface area (Å²) in [5, 5.41) is 9.20. The van der Waals surface area contributed by atoms with Crippen LogP contribution in [0.1, 0.15) is 32.1 Å². The van der Waals surface area contributed by atoms with Crippen LogP contribution in [0.4, 0.5) is 0 Å². The van der Waals surface area contributed by atoms with Crippen LogP contribution < -0.4 is 0 Å². The van der Waals surface area contributed by atoms with Crippen molar-refractivity contribution in [2.24, 2.45) is 11.3 Å². The van der Waals surface area contributed by atoms with Crippen molar-refractivity contribution >= 4 is 5.91 Å². The quantitative estimate of drug-likeness (QED) is 0.761. The number of hydrogen-bond acceptors (Lipinski definition) is 3. The monoisotopic (exact) mass is 249 g/mol. The molecule has 2 rings (SSSR count). The van der Waals surface area contributed by atoms with Crippen LogP contribution in [0.5, 0.6) is 0 Å². The Morgan fingerprint density at radius 1 is 1.39 bits per heavy atom. The number of rotatable bonds is 3. The summed E-state index contributed by atoms with van der Waals surface area (Å²) in [7, 11) is 4.19. The van der Waals surface area contributed by atoms with Crippen molar-refractivity contribution in [3.05, 3.63) is 0 Å². The molecule has 1 aliphatic heterocycles. The Morgan fingerprint density at radius 3 is 2.39 bits per heavy atom. The van der Waals surface area contributed by atoms with Crippen LogP contribution in [-0.2, 0) is 4.79 Å². The van der Waals surface area contributed by atoms with Crippen molar-refractivity contribution in [2.75, 3.05) is 33.7 Å². The molecule has 0 aromatic heterocycles. The molecule has 1 amide bonds. The van der Waals surface area contributed by atoms with Crippen LogP contribution in [0.15, 0.2) is 0 Å². The first-order valence-corrected chi connectivity index (χ1v) is 6.93. The smallest absolute Gasteiger partial charge is 0.243 e. The number of nitrogens with zero attached hydrogens (tertiary/aromatic N) is 3. The molecule has 18 heavy (non-hydrogen) atoms. The second kappa shape index (κ2) is 5.27. The third kappa shape index (κ3) is 2.51. The first-order chi connectivity index (χ1) is 8.57. The molecular weight excluding hydrogens is 226 g/mol. The van der Waals surface area contributed by atoms with Crippen LogP contribution in [0.25, 0.3) is 0 Å². The standard InChI is InChI=1S/C14H23N3O/c1-16(2)10-12-4-8-17(9-5-12)13(18)14(11-15)6-3-7-14/h12H,3-10H2,1-2H3. The highest BCUT2D eigenvalue weighted by Crippen LogP contribution is 2.42. The van der Waals surface area contributed by atoms with Crippen LogP contribution in [-0.4, -0.2) is 49.4 Å². The predicted octanol–water partition coefficient (Wildman–Crippen LogP) is 1.48. The van der Waals surface area contributed by atoms with E-state index in [0.717, 1.165) is 51.7 Å². The maximum atomic E-state index is 12.4. The van der Waals surface area contributed by atoms with Gasteiger partial charge in [-0.3, -0.25) is 4.79 Å². The maximum Gasteiger partial charge on any atom is 0.243 e. The van der Waals surface area contributed by atoms with Crippen molar-refractivity contribution in [2.45, 2.75) is 32.1 Å². The van der Waals surface area contributed by atoms with Crippen LogP contribution in [0.3, 0.4) is 0 Å². The van der Waals surface area contributed by atoms with Crippen molar-refractivity contribution in [1.82, 2.24) is 9.80 Å². The van der Waals surface area contributed by atoms with Crippen LogP contribution in [0.2, 0.25) is 0 Å².